The molecule has 1 fully saturated rings. The molecule has 2 aromatic rings. The Morgan fingerprint density at radius 3 is 2.56 bits per heavy atom. The van der Waals surface area contributed by atoms with Crippen molar-refractivity contribution in [1.82, 2.24) is 14.9 Å². The molecular weight excluding hydrogens is 346 g/mol. The Hall–Kier alpha value is -2.83. The highest BCUT2D eigenvalue weighted by Gasteiger charge is 2.23. The first-order chi connectivity index (χ1) is 13.0. The lowest BCUT2D eigenvalue weighted by atomic mass is 9.86. The maximum Gasteiger partial charge on any atom is 0.338 e. The standard InChI is InChI=1S/C20H25N3O4/c1-13-5-3-4-6-17(13)22-18(24)12-27-19(25)15-7-9-16(10-8-15)23-14(2)11-21-20(23)26/h7-11,13,17H,3-6,12H2,1-2H3,(H,21,26)(H,22,24). The van der Waals surface area contributed by atoms with E-state index in [1.807, 2.05) is 6.92 Å². The van der Waals surface area contributed by atoms with Crippen molar-refractivity contribution in [3.8, 4) is 5.69 Å². The molecule has 2 unspecified atom stereocenters. The Balaban J connectivity index is 1.55. The van der Waals surface area contributed by atoms with Gasteiger partial charge in [0.15, 0.2) is 6.61 Å². The fourth-order valence-corrected chi connectivity index (χ4v) is 3.52. The summed E-state index contributed by atoms with van der Waals surface area (Å²) in [5, 5.41) is 2.96. The van der Waals surface area contributed by atoms with E-state index in [1.54, 1.807) is 30.5 Å². The van der Waals surface area contributed by atoms with E-state index in [0.29, 0.717) is 17.2 Å². The second kappa shape index (κ2) is 8.24. The highest BCUT2D eigenvalue weighted by atomic mass is 16.5. The molecule has 7 nitrogen and oxygen atoms in total. The number of hydrogen-bond acceptors (Lipinski definition) is 4. The predicted molar refractivity (Wildman–Crippen MR) is 101 cm³/mol. The highest BCUT2D eigenvalue weighted by Crippen LogP contribution is 2.23. The van der Waals surface area contributed by atoms with Crippen LogP contribution in [-0.2, 0) is 9.53 Å². The van der Waals surface area contributed by atoms with Gasteiger partial charge in [0.1, 0.15) is 0 Å². The molecule has 1 aromatic heterocycles. The summed E-state index contributed by atoms with van der Waals surface area (Å²) >= 11 is 0. The van der Waals surface area contributed by atoms with Crippen LogP contribution in [-0.4, -0.2) is 34.1 Å². The Labute approximate surface area is 157 Å². The minimum Gasteiger partial charge on any atom is -0.452 e. The molecule has 3 rings (SSSR count). The molecule has 0 radical (unpaired) electrons. The zero-order valence-corrected chi connectivity index (χ0v) is 15.7. The van der Waals surface area contributed by atoms with E-state index in [9.17, 15) is 14.4 Å². The van der Waals surface area contributed by atoms with Crippen LogP contribution in [0.2, 0.25) is 0 Å². The van der Waals surface area contributed by atoms with Gasteiger partial charge < -0.3 is 15.0 Å². The molecule has 0 saturated heterocycles. The van der Waals surface area contributed by atoms with Gasteiger partial charge in [-0.15, -0.1) is 0 Å². The van der Waals surface area contributed by atoms with Crippen LogP contribution in [0.5, 0.6) is 0 Å². The van der Waals surface area contributed by atoms with Crippen LogP contribution in [0.1, 0.15) is 48.7 Å². The number of H-pyrrole nitrogens is 1. The van der Waals surface area contributed by atoms with Crippen LogP contribution in [0.3, 0.4) is 0 Å². The number of nitrogens with one attached hydrogen (secondary N) is 2. The first-order valence-electron chi connectivity index (χ1n) is 9.29. The van der Waals surface area contributed by atoms with Gasteiger partial charge in [-0.25, -0.2) is 9.59 Å². The molecular formula is C20H25N3O4. The number of ether oxygens (including phenoxy) is 1. The molecule has 1 aliphatic rings. The molecule has 1 aliphatic carbocycles. The fourth-order valence-electron chi connectivity index (χ4n) is 3.52. The lowest BCUT2D eigenvalue weighted by molar-refractivity contribution is -0.125. The second-order valence-electron chi connectivity index (χ2n) is 7.13. The van der Waals surface area contributed by atoms with Crippen LogP contribution in [0.25, 0.3) is 5.69 Å². The third-order valence-electron chi connectivity index (χ3n) is 5.11. The lowest BCUT2D eigenvalue weighted by Gasteiger charge is -2.29. The Morgan fingerprint density at radius 1 is 1.22 bits per heavy atom. The lowest BCUT2D eigenvalue weighted by Crippen LogP contribution is -2.42. The number of rotatable bonds is 5. The van der Waals surface area contributed by atoms with Gasteiger partial charge in [0.2, 0.25) is 0 Å². The van der Waals surface area contributed by atoms with Gasteiger partial charge in [0, 0.05) is 17.9 Å². The van der Waals surface area contributed by atoms with Gasteiger partial charge in [0.05, 0.1) is 11.3 Å². The van der Waals surface area contributed by atoms with Crippen molar-refractivity contribution >= 4 is 11.9 Å². The van der Waals surface area contributed by atoms with Gasteiger partial charge >= 0.3 is 11.7 Å². The predicted octanol–water partition coefficient (Wildman–Crippen LogP) is 2.33. The number of esters is 1. The average molecular weight is 371 g/mol. The third-order valence-corrected chi connectivity index (χ3v) is 5.11. The van der Waals surface area contributed by atoms with Gasteiger partial charge in [-0.3, -0.25) is 9.36 Å². The van der Waals surface area contributed by atoms with E-state index in [1.165, 1.54) is 11.0 Å². The molecule has 27 heavy (non-hydrogen) atoms. The van der Waals surface area contributed by atoms with Crippen molar-refractivity contribution in [1.29, 1.82) is 0 Å². The molecule has 1 saturated carbocycles. The smallest absolute Gasteiger partial charge is 0.338 e. The SMILES string of the molecule is Cc1c[nH]c(=O)n1-c1ccc(C(=O)OCC(=O)NC2CCCCC2C)cc1. The van der Waals surface area contributed by atoms with Crippen LogP contribution >= 0.6 is 0 Å². The van der Waals surface area contributed by atoms with Crippen molar-refractivity contribution in [2.24, 2.45) is 5.92 Å². The zero-order chi connectivity index (χ0) is 19.4. The number of aromatic amines is 1. The number of carbonyl (C=O) groups is 2. The van der Waals surface area contributed by atoms with Crippen LogP contribution in [0.15, 0.2) is 35.3 Å². The van der Waals surface area contributed by atoms with E-state index in [-0.39, 0.29) is 24.2 Å². The maximum absolute atomic E-state index is 12.2. The van der Waals surface area contributed by atoms with Crippen molar-refractivity contribution in [2.45, 2.75) is 45.6 Å². The number of nitrogens with zero attached hydrogens (tertiary/aromatic N) is 1. The zero-order valence-electron chi connectivity index (χ0n) is 15.7. The summed E-state index contributed by atoms with van der Waals surface area (Å²) in [6.45, 7) is 3.65. The summed E-state index contributed by atoms with van der Waals surface area (Å²) in [5.41, 5.74) is 1.51. The number of aromatic nitrogens is 2. The summed E-state index contributed by atoms with van der Waals surface area (Å²) < 4.78 is 6.63. The number of aryl methyl sites for hydroxylation is 1. The van der Waals surface area contributed by atoms with E-state index in [2.05, 4.69) is 17.2 Å². The number of carbonyl (C=O) groups excluding carboxylic acids is 2. The van der Waals surface area contributed by atoms with Crippen molar-refractivity contribution in [2.75, 3.05) is 6.61 Å². The number of hydrogen-bond donors (Lipinski definition) is 2. The highest BCUT2D eigenvalue weighted by molar-refractivity contribution is 5.91. The summed E-state index contributed by atoms with van der Waals surface area (Å²) in [7, 11) is 0. The molecule has 1 heterocycles. The Kier molecular flexibility index (Phi) is 5.78. The van der Waals surface area contributed by atoms with Crippen LogP contribution in [0, 0.1) is 12.8 Å². The van der Waals surface area contributed by atoms with Crippen molar-refractivity contribution in [3.05, 3.63) is 52.2 Å². The fraction of sp³-hybridized carbons (Fsp3) is 0.450. The van der Waals surface area contributed by atoms with Gasteiger partial charge in [-0.05, 0) is 49.9 Å². The van der Waals surface area contributed by atoms with E-state index in [0.717, 1.165) is 25.0 Å². The second-order valence-corrected chi connectivity index (χ2v) is 7.13. The van der Waals surface area contributed by atoms with E-state index in [4.69, 9.17) is 4.74 Å². The molecule has 0 spiro atoms. The molecule has 0 aliphatic heterocycles. The molecule has 7 heteroatoms. The molecule has 1 amide bonds. The van der Waals surface area contributed by atoms with Gasteiger partial charge in [-0.2, -0.15) is 0 Å². The van der Waals surface area contributed by atoms with Gasteiger partial charge in [0.25, 0.3) is 5.91 Å². The summed E-state index contributed by atoms with van der Waals surface area (Å²) in [5.74, 6) is -0.383. The normalized spacial score (nSPS) is 19.5. The van der Waals surface area contributed by atoms with E-state index >= 15 is 0 Å². The van der Waals surface area contributed by atoms with Crippen molar-refractivity contribution in [3.63, 3.8) is 0 Å². The average Bonchev–Trinajstić information content (AvgIpc) is 3.00. The van der Waals surface area contributed by atoms with Crippen LogP contribution < -0.4 is 11.0 Å². The summed E-state index contributed by atoms with van der Waals surface area (Å²) in [6.07, 6.45) is 6.02. The minimum atomic E-state index is -0.563. The largest absolute Gasteiger partial charge is 0.452 e. The molecule has 0 bridgehead atoms. The quantitative estimate of drug-likeness (QED) is 0.789. The van der Waals surface area contributed by atoms with Gasteiger partial charge in [-0.1, -0.05) is 19.8 Å². The van der Waals surface area contributed by atoms with E-state index < -0.39 is 5.97 Å². The molecule has 1 aromatic carbocycles. The summed E-state index contributed by atoms with van der Waals surface area (Å²) in [6, 6.07) is 6.66. The molecule has 2 N–H and O–H groups in total. The number of amides is 1. The summed E-state index contributed by atoms with van der Waals surface area (Å²) in [4.78, 5) is 38.6. The van der Waals surface area contributed by atoms with Crippen molar-refractivity contribution < 1.29 is 14.3 Å². The Bertz CT molecular complexity index is 866. The third kappa shape index (κ3) is 4.48. The molecule has 2 atom stereocenters. The Morgan fingerprint density at radius 2 is 1.93 bits per heavy atom. The number of benzene rings is 1. The first-order valence-corrected chi connectivity index (χ1v) is 9.29. The topological polar surface area (TPSA) is 93.2 Å². The molecule has 144 valence electrons. The van der Waals surface area contributed by atoms with Crippen LogP contribution in [0.4, 0.5) is 0 Å². The maximum atomic E-state index is 12.2. The first kappa shape index (κ1) is 18.9. The number of imidazole rings is 1. The monoisotopic (exact) mass is 371 g/mol. The minimum absolute atomic E-state index is 0.159.